The van der Waals surface area contributed by atoms with Gasteiger partial charge in [-0.1, -0.05) is 18.2 Å². The van der Waals surface area contributed by atoms with Gasteiger partial charge < -0.3 is 15.8 Å². The molecular formula is C24H21N5O2. The van der Waals surface area contributed by atoms with Gasteiger partial charge in [-0.05, 0) is 55.0 Å². The number of aromatic nitrogens is 3. The molecule has 3 N–H and O–H groups in total. The Balaban J connectivity index is 1.44. The Morgan fingerprint density at radius 1 is 1.00 bits per heavy atom. The maximum atomic E-state index is 12.7. The van der Waals surface area contributed by atoms with E-state index in [9.17, 15) is 4.79 Å². The standard InChI is InChI=1S/C24H21N5O2/c1-16-5-6-18(22-13-28-23(25)14-27-22)12-21(16)29-24(30)17-7-9-20(10-8-17)31-15-19-4-2-3-11-26-19/h2-14H,15H2,1H3,(H2,25,28)(H,29,30). The van der Waals surface area contributed by atoms with Crippen molar-refractivity contribution in [3.8, 4) is 17.0 Å². The fourth-order valence-electron chi connectivity index (χ4n) is 2.94. The monoisotopic (exact) mass is 411 g/mol. The van der Waals surface area contributed by atoms with Crippen LogP contribution >= 0.6 is 0 Å². The number of rotatable bonds is 6. The molecule has 2 aromatic heterocycles. The first-order chi connectivity index (χ1) is 15.1. The molecule has 0 aliphatic rings. The van der Waals surface area contributed by atoms with Crippen LogP contribution in [-0.4, -0.2) is 20.9 Å². The van der Waals surface area contributed by atoms with Gasteiger partial charge in [-0.3, -0.25) is 14.8 Å². The average molecular weight is 411 g/mol. The van der Waals surface area contributed by atoms with Gasteiger partial charge in [0.1, 0.15) is 18.2 Å². The molecule has 1 amide bonds. The summed E-state index contributed by atoms with van der Waals surface area (Å²) in [4.78, 5) is 25.3. The predicted octanol–water partition coefficient (Wildman–Crippen LogP) is 4.26. The van der Waals surface area contributed by atoms with Crippen LogP contribution < -0.4 is 15.8 Å². The van der Waals surface area contributed by atoms with Crippen molar-refractivity contribution in [2.24, 2.45) is 0 Å². The van der Waals surface area contributed by atoms with Crippen molar-refractivity contribution >= 4 is 17.4 Å². The van der Waals surface area contributed by atoms with Crippen molar-refractivity contribution in [2.75, 3.05) is 11.1 Å². The molecule has 4 aromatic rings. The first-order valence-corrected chi connectivity index (χ1v) is 9.71. The highest BCUT2D eigenvalue weighted by molar-refractivity contribution is 6.05. The number of carbonyl (C=O) groups is 1. The minimum absolute atomic E-state index is 0.208. The number of pyridine rings is 1. The molecule has 4 rings (SSSR count). The molecule has 0 aliphatic carbocycles. The normalized spacial score (nSPS) is 10.5. The van der Waals surface area contributed by atoms with Crippen molar-refractivity contribution in [3.63, 3.8) is 0 Å². The lowest BCUT2D eigenvalue weighted by Gasteiger charge is -2.11. The maximum Gasteiger partial charge on any atom is 0.255 e. The number of anilines is 2. The van der Waals surface area contributed by atoms with Crippen molar-refractivity contribution in [2.45, 2.75) is 13.5 Å². The van der Waals surface area contributed by atoms with Crippen LogP contribution in [0.2, 0.25) is 0 Å². The van der Waals surface area contributed by atoms with Gasteiger partial charge in [0.15, 0.2) is 0 Å². The Labute approximate surface area is 180 Å². The Kier molecular flexibility index (Phi) is 5.84. The highest BCUT2D eigenvalue weighted by Gasteiger charge is 2.10. The number of nitrogen functional groups attached to an aromatic ring is 1. The van der Waals surface area contributed by atoms with Crippen LogP contribution in [0.25, 0.3) is 11.3 Å². The molecule has 7 heteroatoms. The molecule has 0 saturated carbocycles. The molecular weight excluding hydrogens is 390 g/mol. The summed E-state index contributed by atoms with van der Waals surface area (Å²) in [6, 6.07) is 18.4. The zero-order chi connectivity index (χ0) is 21.6. The van der Waals surface area contributed by atoms with Crippen LogP contribution in [0.4, 0.5) is 11.5 Å². The number of aryl methyl sites for hydroxylation is 1. The smallest absolute Gasteiger partial charge is 0.255 e. The average Bonchev–Trinajstić information content (AvgIpc) is 2.81. The van der Waals surface area contributed by atoms with Gasteiger partial charge in [0.2, 0.25) is 0 Å². The minimum Gasteiger partial charge on any atom is -0.487 e. The summed E-state index contributed by atoms with van der Waals surface area (Å²) >= 11 is 0. The number of hydrogen-bond donors (Lipinski definition) is 2. The number of carbonyl (C=O) groups excluding carboxylic acids is 1. The Morgan fingerprint density at radius 2 is 1.84 bits per heavy atom. The van der Waals surface area contributed by atoms with Crippen LogP contribution in [0.15, 0.2) is 79.3 Å². The van der Waals surface area contributed by atoms with Gasteiger partial charge in [-0.2, -0.15) is 0 Å². The fourth-order valence-corrected chi connectivity index (χ4v) is 2.94. The first kappa shape index (κ1) is 20.0. The van der Waals surface area contributed by atoms with E-state index in [-0.39, 0.29) is 5.91 Å². The number of nitrogens with zero attached hydrogens (tertiary/aromatic N) is 3. The summed E-state index contributed by atoms with van der Waals surface area (Å²) in [6.45, 7) is 2.30. The van der Waals surface area contributed by atoms with Gasteiger partial charge >= 0.3 is 0 Å². The fraction of sp³-hybridized carbons (Fsp3) is 0.0833. The second-order valence-corrected chi connectivity index (χ2v) is 6.94. The minimum atomic E-state index is -0.208. The molecule has 0 atom stereocenters. The lowest BCUT2D eigenvalue weighted by Crippen LogP contribution is -2.12. The molecule has 154 valence electrons. The number of nitrogens with two attached hydrogens (primary N) is 1. The molecule has 0 saturated heterocycles. The van der Waals surface area contributed by atoms with Gasteiger partial charge in [0, 0.05) is 23.0 Å². The predicted molar refractivity (Wildman–Crippen MR) is 120 cm³/mol. The summed E-state index contributed by atoms with van der Waals surface area (Å²) in [5.41, 5.74) is 10.1. The summed E-state index contributed by atoms with van der Waals surface area (Å²) in [5, 5.41) is 2.96. The van der Waals surface area contributed by atoms with Crippen LogP contribution in [0, 0.1) is 6.92 Å². The van der Waals surface area contributed by atoms with Gasteiger partial charge in [-0.15, -0.1) is 0 Å². The van der Waals surface area contributed by atoms with E-state index in [1.165, 1.54) is 6.20 Å². The van der Waals surface area contributed by atoms with Crippen molar-refractivity contribution in [3.05, 3.63) is 96.1 Å². The molecule has 2 heterocycles. The summed E-state index contributed by atoms with van der Waals surface area (Å²) in [5.74, 6) is 0.819. The number of amides is 1. The molecule has 0 radical (unpaired) electrons. The molecule has 0 bridgehead atoms. The molecule has 31 heavy (non-hydrogen) atoms. The summed E-state index contributed by atoms with van der Waals surface area (Å²) < 4.78 is 5.72. The van der Waals surface area contributed by atoms with E-state index < -0.39 is 0 Å². The van der Waals surface area contributed by atoms with E-state index in [0.29, 0.717) is 35.1 Å². The second-order valence-electron chi connectivity index (χ2n) is 6.94. The van der Waals surface area contributed by atoms with E-state index in [0.717, 1.165) is 16.8 Å². The molecule has 7 nitrogen and oxygen atoms in total. The maximum absolute atomic E-state index is 12.7. The third kappa shape index (κ3) is 5.02. The lowest BCUT2D eigenvalue weighted by molar-refractivity contribution is 0.102. The quantitative estimate of drug-likeness (QED) is 0.491. The SMILES string of the molecule is Cc1ccc(-c2cnc(N)cn2)cc1NC(=O)c1ccc(OCc2ccccn2)cc1. The number of hydrogen-bond acceptors (Lipinski definition) is 6. The third-order valence-corrected chi connectivity index (χ3v) is 4.68. The number of benzene rings is 2. The highest BCUT2D eigenvalue weighted by Crippen LogP contribution is 2.25. The summed E-state index contributed by atoms with van der Waals surface area (Å²) in [7, 11) is 0. The van der Waals surface area contributed by atoms with Gasteiger partial charge in [0.05, 0.1) is 23.8 Å². The molecule has 0 aliphatic heterocycles. The van der Waals surface area contributed by atoms with Crippen LogP contribution in [0.1, 0.15) is 21.6 Å². The zero-order valence-corrected chi connectivity index (χ0v) is 16.9. The van der Waals surface area contributed by atoms with E-state index in [2.05, 4.69) is 20.3 Å². The van der Waals surface area contributed by atoms with Crippen molar-refractivity contribution < 1.29 is 9.53 Å². The summed E-state index contributed by atoms with van der Waals surface area (Å²) in [6.07, 6.45) is 4.84. The van der Waals surface area contributed by atoms with Gasteiger partial charge in [0.25, 0.3) is 5.91 Å². The molecule has 0 unspecified atom stereocenters. The molecule has 0 fully saturated rings. The number of nitrogens with one attached hydrogen (secondary N) is 1. The first-order valence-electron chi connectivity index (χ1n) is 9.71. The van der Waals surface area contributed by atoms with Crippen LogP contribution in [0.3, 0.4) is 0 Å². The molecule has 2 aromatic carbocycles. The molecule has 0 spiro atoms. The Bertz CT molecular complexity index is 1180. The Hall–Kier alpha value is -4.26. The largest absolute Gasteiger partial charge is 0.487 e. The van der Waals surface area contributed by atoms with E-state index >= 15 is 0 Å². The van der Waals surface area contributed by atoms with Gasteiger partial charge in [-0.25, -0.2) is 4.98 Å². The third-order valence-electron chi connectivity index (χ3n) is 4.68. The van der Waals surface area contributed by atoms with Crippen LogP contribution in [-0.2, 0) is 6.61 Å². The van der Waals surface area contributed by atoms with Crippen molar-refractivity contribution in [1.29, 1.82) is 0 Å². The number of ether oxygens (including phenoxy) is 1. The second kappa shape index (κ2) is 9.04. The Morgan fingerprint density at radius 3 is 2.55 bits per heavy atom. The lowest BCUT2D eigenvalue weighted by atomic mass is 10.1. The highest BCUT2D eigenvalue weighted by atomic mass is 16.5. The van der Waals surface area contributed by atoms with Crippen molar-refractivity contribution in [1.82, 2.24) is 15.0 Å². The topological polar surface area (TPSA) is 103 Å². The van der Waals surface area contributed by atoms with E-state index in [1.807, 2.05) is 43.3 Å². The van der Waals surface area contributed by atoms with E-state index in [1.54, 1.807) is 36.7 Å². The van der Waals surface area contributed by atoms with Crippen LogP contribution in [0.5, 0.6) is 5.75 Å². The zero-order valence-electron chi connectivity index (χ0n) is 16.9. The van der Waals surface area contributed by atoms with E-state index in [4.69, 9.17) is 10.5 Å².